The van der Waals surface area contributed by atoms with Gasteiger partial charge in [0.15, 0.2) is 5.69 Å². The maximum Gasteiger partial charge on any atom is 0.275 e. The van der Waals surface area contributed by atoms with E-state index in [2.05, 4.69) is 5.10 Å². The standard InChI is InChI=1S/C20H30N4O3/c1-13-11-16-18(21-22(3)19(16)14(2)27-13)20(26)23-9-10-24(17(25)12-23)15-7-5-4-6-8-15/h13-15H,4-12H2,1-3H3/t13-,14+/m1/s1. The fourth-order valence-electron chi connectivity index (χ4n) is 5.00. The highest BCUT2D eigenvalue weighted by molar-refractivity contribution is 5.97. The quantitative estimate of drug-likeness (QED) is 0.795. The highest BCUT2D eigenvalue weighted by Gasteiger charge is 2.36. The molecular formula is C20H30N4O3. The van der Waals surface area contributed by atoms with Crippen LogP contribution in [0.4, 0.5) is 0 Å². The second kappa shape index (κ2) is 7.26. The summed E-state index contributed by atoms with van der Waals surface area (Å²) in [5.41, 5.74) is 2.45. The van der Waals surface area contributed by atoms with Crippen molar-refractivity contribution in [2.24, 2.45) is 7.05 Å². The van der Waals surface area contributed by atoms with Gasteiger partial charge in [0.05, 0.1) is 17.9 Å². The molecule has 0 aromatic carbocycles. The van der Waals surface area contributed by atoms with E-state index in [0.717, 1.165) is 24.1 Å². The van der Waals surface area contributed by atoms with Crippen LogP contribution in [0.1, 0.15) is 73.8 Å². The molecule has 3 heterocycles. The molecule has 0 bridgehead atoms. The van der Waals surface area contributed by atoms with Gasteiger partial charge in [-0.3, -0.25) is 14.3 Å². The summed E-state index contributed by atoms with van der Waals surface area (Å²) >= 11 is 0. The highest BCUT2D eigenvalue weighted by Crippen LogP contribution is 2.32. The molecule has 0 radical (unpaired) electrons. The fourth-order valence-corrected chi connectivity index (χ4v) is 5.00. The van der Waals surface area contributed by atoms with Crippen LogP contribution in [0.3, 0.4) is 0 Å². The molecule has 7 heteroatoms. The van der Waals surface area contributed by atoms with Crippen molar-refractivity contribution in [3.05, 3.63) is 17.0 Å². The van der Waals surface area contributed by atoms with Crippen molar-refractivity contribution in [1.82, 2.24) is 19.6 Å². The third-order valence-corrected chi connectivity index (χ3v) is 6.27. The third-order valence-electron chi connectivity index (χ3n) is 6.27. The first-order valence-electron chi connectivity index (χ1n) is 10.3. The molecule has 0 unspecified atom stereocenters. The number of hydrogen-bond acceptors (Lipinski definition) is 4. The van der Waals surface area contributed by atoms with Crippen LogP contribution in [-0.4, -0.2) is 63.2 Å². The Morgan fingerprint density at radius 2 is 1.89 bits per heavy atom. The summed E-state index contributed by atoms with van der Waals surface area (Å²) in [6.07, 6.45) is 6.55. The van der Waals surface area contributed by atoms with Crippen LogP contribution < -0.4 is 0 Å². The molecule has 1 saturated carbocycles. The minimum Gasteiger partial charge on any atom is -0.369 e. The van der Waals surface area contributed by atoms with Gasteiger partial charge in [-0.1, -0.05) is 19.3 Å². The van der Waals surface area contributed by atoms with Gasteiger partial charge in [0.1, 0.15) is 6.54 Å². The number of aromatic nitrogens is 2. The lowest BCUT2D eigenvalue weighted by Crippen LogP contribution is -2.55. The first-order chi connectivity index (χ1) is 13.0. The van der Waals surface area contributed by atoms with Gasteiger partial charge in [0.2, 0.25) is 5.91 Å². The predicted molar refractivity (Wildman–Crippen MR) is 100 cm³/mol. The summed E-state index contributed by atoms with van der Waals surface area (Å²) in [5.74, 6) is -0.0406. The summed E-state index contributed by atoms with van der Waals surface area (Å²) in [4.78, 5) is 29.6. The minimum atomic E-state index is -0.121. The minimum absolute atomic E-state index is 0.0630. The zero-order chi connectivity index (χ0) is 19.1. The summed E-state index contributed by atoms with van der Waals surface area (Å²) < 4.78 is 7.65. The highest BCUT2D eigenvalue weighted by atomic mass is 16.5. The summed E-state index contributed by atoms with van der Waals surface area (Å²) in [7, 11) is 1.86. The number of hydrogen-bond donors (Lipinski definition) is 0. The molecule has 2 fully saturated rings. The second-order valence-corrected chi connectivity index (χ2v) is 8.23. The molecule has 27 heavy (non-hydrogen) atoms. The zero-order valence-corrected chi connectivity index (χ0v) is 16.6. The Bertz CT molecular complexity index is 738. The number of aryl methyl sites for hydroxylation is 1. The molecule has 7 nitrogen and oxygen atoms in total. The van der Waals surface area contributed by atoms with Crippen molar-refractivity contribution in [2.45, 2.75) is 70.6 Å². The Morgan fingerprint density at radius 1 is 1.15 bits per heavy atom. The molecule has 1 aromatic rings. The van der Waals surface area contributed by atoms with Crippen LogP contribution in [0.5, 0.6) is 0 Å². The number of fused-ring (bicyclic) bond motifs is 1. The molecular weight excluding hydrogens is 344 g/mol. The van der Waals surface area contributed by atoms with E-state index >= 15 is 0 Å². The van der Waals surface area contributed by atoms with Crippen molar-refractivity contribution in [3.63, 3.8) is 0 Å². The largest absolute Gasteiger partial charge is 0.369 e. The van der Waals surface area contributed by atoms with Gasteiger partial charge in [-0.05, 0) is 26.7 Å². The van der Waals surface area contributed by atoms with Gasteiger partial charge in [0.25, 0.3) is 5.91 Å². The predicted octanol–water partition coefficient (Wildman–Crippen LogP) is 2.06. The van der Waals surface area contributed by atoms with Crippen LogP contribution in [0.2, 0.25) is 0 Å². The average Bonchev–Trinajstić information content (AvgIpc) is 2.98. The van der Waals surface area contributed by atoms with Crippen LogP contribution in [-0.2, 0) is 23.0 Å². The molecule has 2 amide bonds. The van der Waals surface area contributed by atoms with Gasteiger partial charge >= 0.3 is 0 Å². The Labute approximate surface area is 160 Å². The number of piperazine rings is 1. The lowest BCUT2D eigenvalue weighted by Gasteiger charge is -2.40. The Balaban J connectivity index is 1.50. The average molecular weight is 374 g/mol. The second-order valence-electron chi connectivity index (χ2n) is 8.23. The number of amides is 2. The van der Waals surface area contributed by atoms with E-state index in [9.17, 15) is 9.59 Å². The molecule has 3 aliphatic rings. The maximum absolute atomic E-state index is 13.2. The number of rotatable bonds is 2. The van der Waals surface area contributed by atoms with Gasteiger partial charge in [-0.25, -0.2) is 0 Å². The fraction of sp³-hybridized carbons (Fsp3) is 0.750. The van der Waals surface area contributed by atoms with Gasteiger partial charge in [-0.15, -0.1) is 0 Å². The number of nitrogens with zero attached hydrogens (tertiary/aromatic N) is 4. The first kappa shape index (κ1) is 18.5. The first-order valence-corrected chi connectivity index (χ1v) is 10.3. The lowest BCUT2D eigenvalue weighted by atomic mass is 9.93. The molecule has 1 saturated heterocycles. The molecule has 0 N–H and O–H groups in total. The van der Waals surface area contributed by atoms with Crippen molar-refractivity contribution in [3.8, 4) is 0 Å². The van der Waals surface area contributed by atoms with Crippen molar-refractivity contribution in [2.75, 3.05) is 19.6 Å². The van der Waals surface area contributed by atoms with E-state index in [-0.39, 0.29) is 30.6 Å². The molecule has 1 aromatic heterocycles. The molecule has 0 spiro atoms. The monoisotopic (exact) mass is 374 g/mol. The van der Waals surface area contributed by atoms with E-state index < -0.39 is 0 Å². The smallest absolute Gasteiger partial charge is 0.275 e. The maximum atomic E-state index is 13.2. The third kappa shape index (κ3) is 3.37. The molecule has 148 valence electrons. The van der Waals surface area contributed by atoms with E-state index in [1.807, 2.05) is 25.8 Å². The van der Waals surface area contributed by atoms with Crippen LogP contribution in [0.25, 0.3) is 0 Å². The number of carbonyl (C=O) groups is 2. The van der Waals surface area contributed by atoms with Crippen molar-refractivity contribution in [1.29, 1.82) is 0 Å². The summed E-state index contributed by atoms with van der Waals surface area (Å²) in [5, 5.41) is 4.51. The molecule has 4 rings (SSSR count). The van der Waals surface area contributed by atoms with Gasteiger partial charge < -0.3 is 14.5 Å². The molecule has 2 atom stereocenters. The number of ether oxygens (including phenoxy) is 1. The Hall–Kier alpha value is -1.89. The Morgan fingerprint density at radius 3 is 2.59 bits per heavy atom. The van der Waals surface area contributed by atoms with E-state index in [1.54, 1.807) is 9.58 Å². The lowest BCUT2D eigenvalue weighted by molar-refractivity contribution is -0.138. The van der Waals surface area contributed by atoms with E-state index in [1.165, 1.54) is 19.3 Å². The van der Waals surface area contributed by atoms with Gasteiger partial charge in [0, 0.05) is 38.2 Å². The van der Waals surface area contributed by atoms with E-state index in [0.29, 0.717) is 31.2 Å². The van der Waals surface area contributed by atoms with Crippen LogP contribution in [0, 0.1) is 0 Å². The van der Waals surface area contributed by atoms with E-state index in [4.69, 9.17) is 4.74 Å². The van der Waals surface area contributed by atoms with Crippen LogP contribution >= 0.6 is 0 Å². The van der Waals surface area contributed by atoms with Gasteiger partial charge in [-0.2, -0.15) is 5.10 Å². The molecule has 1 aliphatic carbocycles. The normalized spacial score (nSPS) is 27.0. The topological polar surface area (TPSA) is 67.7 Å². The SMILES string of the molecule is C[C@@H]1Cc2c(C(=O)N3CCN(C4CCCCC4)C(=O)C3)nn(C)c2[C@H](C)O1. The summed E-state index contributed by atoms with van der Waals surface area (Å²) in [6.45, 7) is 5.42. The summed E-state index contributed by atoms with van der Waals surface area (Å²) in [6, 6.07) is 0.366. The van der Waals surface area contributed by atoms with Crippen LogP contribution in [0.15, 0.2) is 0 Å². The van der Waals surface area contributed by atoms with Crippen molar-refractivity contribution < 1.29 is 14.3 Å². The number of carbonyl (C=O) groups excluding carboxylic acids is 2. The zero-order valence-electron chi connectivity index (χ0n) is 16.6. The van der Waals surface area contributed by atoms with Crippen molar-refractivity contribution >= 4 is 11.8 Å². The Kier molecular flexibility index (Phi) is 4.97. The molecule has 2 aliphatic heterocycles.